The zero-order chi connectivity index (χ0) is 13.8. The van der Waals surface area contributed by atoms with Gasteiger partial charge in [-0.2, -0.15) is 0 Å². The van der Waals surface area contributed by atoms with E-state index in [1.54, 1.807) is 44.6 Å². The van der Waals surface area contributed by atoms with Crippen molar-refractivity contribution in [3.63, 3.8) is 0 Å². The topological polar surface area (TPSA) is 68.7 Å². The number of aromatic nitrogens is 1. The van der Waals surface area contributed by atoms with Crippen LogP contribution in [0.5, 0.6) is 11.5 Å². The highest BCUT2D eigenvalue weighted by Crippen LogP contribution is 2.37. The molecule has 5 nitrogen and oxygen atoms in total. The van der Waals surface area contributed by atoms with Crippen molar-refractivity contribution in [2.75, 3.05) is 14.2 Å². The third-order valence-corrected chi connectivity index (χ3v) is 2.65. The molecule has 0 saturated heterocycles. The van der Waals surface area contributed by atoms with Crippen molar-refractivity contribution in [2.45, 2.75) is 0 Å². The summed E-state index contributed by atoms with van der Waals surface area (Å²) < 4.78 is 10.6. The molecule has 19 heavy (non-hydrogen) atoms. The Labute approximate surface area is 110 Å². The van der Waals surface area contributed by atoms with Gasteiger partial charge in [-0.15, -0.1) is 0 Å². The first-order valence-corrected chi connectivity index (χ1v) is 5.59. The first-order chi connectivity index (χ1) is 9.17. The van der Waals surface area contributed by atoms with Gasteiger partial charge in [0, 0.05) is 0 Å². The van der Waals surface area contributed by atoms with Crippen molar-refractivity contribution in [1.82, 2.24) is 4.98 Å². The molecule has 0 fully saturated rings. The monoisotopic (exact) mass is 259 g/mol. The zero-order valence-electron chi connectivity index (χ0n) is 10.6. The maximum absolute atomic E-state index is 11.0. The van der Waals surface area contributed by atoms with Crippen LogP contribution < -0.4 is 9.47 Å². The molecule has 0 saturated carbocycles. The Bertz CT molecular complexity index is 588. The minimum atomic E-state index is -1.07. The van der Waals surface area contributed by atoms with E-state index in [-0.39, 0.29) is 5.69 Å². The molecule has 1 N–H and O–H groups in total. The SMILES string of the molecule is COc1cccc(OC)c1-c1cccc(C(=O)O)n1. The number of hydrogen-bond acceptors (Lipinski definition) is 4. The van der Waals surface area contributed by atoms with E-state index in [0.29, 0.717) is 22.8 Å². The molecule has 1 heterocycles. The lowest BCUT2D eigenvalue weighted by atomic mass is 10.1. The van der Waals surface area contributed by atoms with E-state index in [0.717, 1.165) is 0 Å². The summed E-state index contributed by atoms with van der Waals surface area (Å²) in [7, 11) is 3.08. The number of hydrogen-bond donors (Lipinski definition) is 1. The van der Waals surface area contributed by atoms with Crippen LogP contribution in [-0.2, 0) is 0 Å². The van der Waals surface area contributed by atoms with Crippen LogP contribution in [0.15, 0.2) is 36.4 Å². The third kappa shape index (κ3) is 2.49. The molecule has 1 aromatic heterocycles. The lowest BCUT2D eigenvalue weighted by Crippen LogP contribution is -2.02. The second kappa shape index (κ2) is 5.39. The van der Waals surface area contributed by atoms with E-state index >= 15 is 0 Å². The largest absolute Gasteiger partial charge is 0.496 e. The number of carboxylic acid groups (broad SMARTS) is 1. The average Bonchev–Trinajstić information content (AvgIpc) is 2.46. The summed E-state index contributed by atoms with van der Waals surface area (Å²) in [6.45, 7) is 0. The van der Waals surface area contributed by atoms with Gasteiger partial charge in [0.1, 0.15) is 17.2 Å². The van der Waals surface area contributed by atoms with E-state index in [1.165, 1.54) is 6.07 Å². The van der Waals surface area contributed by atoms with Crippen LogP contribution in [0, 0.1) is 0 Å². The number of benzene rings is 1. The van der Waals surface area contributed by atoms with Crippen molar-refractivity contribution < 1.29 is 19.4 Å². The first kappa shape index (κ1) is 12.9. The fourth-order valence-electron chi connectivity index (χ4n) is 1.80. The lowest BCUT2D eigenvalue weighted by molar-refractivity contribution is 0.0690. The molecule has 0 spiro atoms. The summed E-state index contributed by atoms with van der Waals surface area (Å²) in [6.07, 6.45) is 0. The molecule has 0 aliphatic rings. The summed E-state index contributed by atoms with van der Waals surface area (Å²) in [5.74, 6) is 0.0829. The number of carboxylic acids is 1. The van der Waals surface area contributed by atoms with Gasteiger partial charge >= 0.3 is 5.97 Å². The maximum Gasteiger partial charge on any atom is 0.354 e. The van der Waals surface area contributed by atoms with Crippen molar-refractivity contribution >= 4 is 5.97 Å². The van der Waals surface area contributed by atoms with Crippen molar-refractivity contribution in [3.8, 4) is 22.8 Å². The minimum absolute atomic E-state index is 0.0227. The molecule has 0 radical (unpaired) electrons. The van der Waals surface area contributed by atoms with Crippen LogP contribution in [0.2, 0.25) is 0 Å². The molecule has 0 aliphatic carbocycles. The smallest absolute Gasteiger partial charge is 0.354 e. The Balaban J connectivity index is 2.63. The molecule has 2 aromatic rings. The Hall–Kier alpha value is -2.56. The number of carbonyl (C=O) groups is 1. The van der Waals surface area contributed by atoms with Crippen molar-refractivity contribution in [3.05, 3.63) is 42.1 Å². The molecular weight excluding hydrogens is 246 g/mol. The summed E-state index contributed by atoms with van der Waals surface area (Å²) in [5, 5.41) is 8.98. The molecule has 0 amide bonds. The molecule has 0 unspecified atom stereocenters. The minimum Gasteiger partial charge on any atom is -0.496 e. The van der Waals surface area contributed by atoms with Gasteiger partial charge in [0.15, 0.2) is 0 Å². The molecule has 1 aromatic carbocycles. The summed E-state index contributed by atoms with van der Waals surface area (Å²) >= 11 is 0. The van der Waals surface area contributed by atoms with Crippen LogP contribution in [0.4, 0.5) is 0 Å². The van der Waals surface area contributed by atoms with Crippen molar-refractivity contribution in [2.24, 2.45) is 0 Å². The van der Waals surface area contributed by atoms with Gasteiger partial charge in [0.2, 0.25) is 0 Å². The predicted octanol–water partition coefficient (Wildman–Crippen LogP) is 2.46. The number of aromatic carboxylic acids is 1. The number of methoxy groups -OCH3 is 2. The van der Waals surface area contributed by atoms with Crippen molar-refractivity contribution in [1.29, 1.82) is 0 Å². The zero-order valence-corrected chi connectivity index (χ0v) is 10.6. The lowest BCUT2D eigenvalue weighted by Gasteiger charge is -2.12. The number of pyridine rings is 1. The normalized spacial score (nSPS) is 10.0. The van der Waals surface area contributed by atoms with Gasteiger partial charge in [-0.05, 0) is 24.3 Å². The number of ether oxygens (including phenoxy) is 2. The Morgan fingerprint density at radius 3 is 2.16 bits per heavy atom. The van der Waals surface area contributed by atoms with E-state index in [2.05, 4.69) is 4.98 Å². The van der Waals surface area contributed by atoms with Gasteiger partial charge in [0.05, 0.1) is 25.5 Å². The molecule has 2 rings (SSSR count). The predicted molar refractivity (Wildman–Crippen MR) is 69.7 cm³/mol. The molecule has 5 heteroatoms. The first-order valence-electron chi connectivity index (χ1n) is 5.59. The fraction of sp³-hybridized carbons (Fsp3) is 0.143. The molecule has 0 aliphatic heterocycles. The van der Waals surface area contributed by atoms with Gasteiger partial charge in [-0.1, -0.05) is 12.1 Å². The second-order valence-corrected chi connectivity index (χ2v) is 3.75. The highest BCUT2D eigenvalue weighted by molar-refractivity contribution is 5.86. The van der Waals surface area contributed by atoms with Crippen LogP contribution in [0.3, 0.4) is 0 Å². The maximum atomic E-state index is 11.0. The Morgan fingerprint density at radius 1 is 1.05 bits per heavy atom. The standard InChI is InChI=1S/C14H13NO4/c1-18-11-7-4-8-12(19-2)13(11)9-5-3-6-10(15-9)14(16)17/h3-8H,1-2H3,(H,16,17). The van der Waals surface area contributed by atoms with Crippen LogP contribution in [-0.4, -0.2) is 30.3 Å². The third-order valence-electron chi connectivity index (χ3n) is 2.65. The quantitative estimate of drug-likeness (QED) is 0.913. The molecule has 98 valence electrons. The van der Waals surface area contributed by atoms with Gasteiger partial charge < -0.3 is 14.6 Å². The summed E-state index contributed by atoms with van der Waals surface area (Å²) in [4.78, 5) is 15.1. The van der Waals surface area contributed by atoms with E-state index < -0.39 is 5.97 Å². The van der Waals surface area contributed by atoms with Gasteiger partial charge in [0.25, 0.3) is 0 Å². The highest BCUT2D eigenvalue weighted by atomic mass is 16.5. The number of rotatable bonds is 4. The summed E-state index contributed by atoms with van der Waals surface area (Å²) in [5.41, 5.74) is 1.11. The van der Waals surface area contributed by atoms with E-state index in [1.807, 2.05) is 0 Å². The highest BCUT2D eigenvalue weighted by Gasteiger charge is 2.15. The van der Waals surface area contributed by atoms with Crippen LogP contribution in [0.25, 0.3) is 11.3 Å². The van der Waals surface area contributed by atoms with Crippen LogP contribution in [0.1, 0.15) is 10.5 Å². The van der Waals surface area contributed by atoms with Crippen LogP contribution >= 0.6 is 0 Å². The fourth-order valence-corrected chi connectivity index (χ4v) is 1.80. The molecule has 0 bridgehead atoms. The van der Waals surface area contributed by atoms with E-state index in [9.17, 15) is 4.79 Å². The Morgan fingerprint density at radius 2 is 1.63 bits per heavy atom. The van der Waals surface area contributed by atoms with Gasteiger partial charge in [-0.25, -0.2) is 9.78 Å². The Kier molecular flexibility index (Phi) is 3.66. The number of nitrogens with zero attached hydrogens (tertiary/aromatic N) is 1. The molecule has 0 atom stereocenters. The summed E-state index contributed by atoms with van der Waals surface area (Å²) in [6, 6.07) is 10.1. The second-order valence-electron chi connectivity index (χ2n) is 3.75. The average molecular weight is 259 g/mol. The molecular formula is C14H13NO4. The van der Waals surface area contributed by atoms with Gasteiger partial charge in [-0.3, -0.25) is 0 Å². The van der Waals surface area contributed by atoms with E-state index in [4.69, 9.17) is 14.6 Å².